The van der Waals surface area contributed by atoms with E-state index in [-0.39, 0.29) is 17.0 Å². The molecule has 0 saturated heterocycles. The number of rotatable bonds is 4. The molecule has 250 valence electrons. The van der Waals surface area contributed by atoms with Crippen LogP contribution in [-0.4, -0.2) is 14.5 Å². The highest BCUT2D eigenvalue weighted by Crippen LogP contribution is 2.39. The minimum absolute atomic E-state index is 0.146. The first kappa shape index (κ1) is 30.2. The van der Waals surface area contributed by atoms with Crippen molar-refractivity contribution in [1.29, 1.82) is 0 Å². The van der Waals surface area contributed by atoms with Gasteiger partial charge in [0.15, 0.2) is 11.2 Å². The lowest BCUT2D eigenvalue weighted by Crippen LogP contribution is -2.03. The van der Waals surface area contributed by atoms with E-state index in [9.17, 15) is 13.2 Å². The van der Waals surface area contributed by atoms with Crippen molar-refractivity contribution < 1.29 is 22.0 Å². The zero-order chi connectivity index (χ0) is 35.1. The number of alkyl halides is 3. The molecule has 10 aromatic rings. The van der Waals surface area contributed by atoms with Crippen molar-refractivity contribution in [3.05, 3.63) is 151 Å². The molecule has 0 fully saturated rings. The summed E-state index contributed by atoms with van der Waals surface area (Å²) in [6.45, 7) is 2.03. The Labute approximate surface area is 294 Å². The average molecular weight is 686 g/mol. The SMILES string of the molecule is Cc1ccc2oc(-c3ccc4c5ccc(-c6nc7cc(C(F)(F)F)ccc7o6)cc5n(-c5ccc(-c6ccc7ccccc7c6)cc5)c4c3)nc2c1. The molecule has 0 aliphatic heterocycles. The van der Waals surface area contributed by atoms with Gasteiger partial charge in [-0.2, -0.15) is 13.2 Å². The molecule has 0 amide bonds. The van der Waals surface area contributed by atoms with Crippen LogP contribution >= 0.6 is 0 Å². The summed E-state index contributed by atoms with van der Waals surface area (Å²) in [6.07, 6.45) is -4.48. The third kappa shape index (κ3) is 4.94. The van der Waals surface area contributed by atoms with Gasteiger partial charge in [0.1, 0.15) is 11.0 Å². The maximum atomic E-state index is 13.4. The zero-order valence-corrected chi connectivity index (χ0v) is 27.6. The van der Waals surface area contributed by atoms with Gasteiger partial charge in [0, 0.05) is 27.6 Å². The molecular formula is C44H26F3N3O2. The Balaban J connectivity index is 1.15. The lowest BCUT2D eigenvalue weighted by molar-refractivity contribution is -0.137. The molecule has 3 aromatic heterocycles. The van der Waals surface area contributed by atoms with Crippen LogP contribution in [0.2, 0.25) is 0 Å². The van der Waals surface area contributed by atoms with Gasteiger partial charge in [0.2, 0.25) is 11.8 Å². The number of aryl methyl sites for hydroxylation is 1. The number of benzene rings is 7. The molecule has 0 N–H and O–H groups in total. The summed E-state index contributed by atoms with van der Waals surface area (Å²) in [5, 5.41) is 4.37. The molecule has 0 atom stereocenters. The van der Waals surface area contributed by atoms with Crippen LogP contribution in [0.25, 0.3) is 94.5 Å². The van der Waals surface area contributed by atoms with Crippen molar-refractivity contribution in [1.82, 2.24) is 14.5 Å². The monoisotopic (exact) mass is 685 g/mol. The topological polar surface area (TPSA) is 57.0 Å². The highest BCUT2D eigenvalue weighted by atomic mass is 19.4. The standard InChI is InChI=1S/C44H26F3N3O2/c1-25-6-18-40-36(20-25)48-42(51-40)30-11-16-34-35-17-12-31(43-49-37-24-32(44(45,46)47)13-19-41(37)52-43)23-39(35)50(38(34)22-30)33-14-9-27(10-15-33)29-8-7-26-4-2-3-5-28(26)21-29/h2-24H,1H3. The Morgan fingerprint density at radius 3 is 1.75 bits per heavy atom. The molecule has 8 heteroatoms. The molecule has 0 aliphatic rings. The van der Waals surface area contributed by atoms with Gasteiger partial charge in [-0.25, -0.2) is 9.97 Å². The second kappa shape index (κ2) is 11.2. The molecule has 0 unspecified atom stereocenters. The Morgan fingerprint density at radius 1 is 0.519 bits per heavy atom. The summed E-state index contributed by atoms with van der Waals surface area (Å²) in [5.41, 5.74) is 8.71. The van der Waals surface area contributed by atoms with Gasteiger partial charge in [0.25, 0.3) is 0 Å². The summed E-state index contributed by atoms with van der Waals surface area (Å²) in [4.78, 5) is 9.27. The minimum Gasteiger partial charge on any atom is -0.436 e. The van der Waals surface area contributed by atoms with E-state index in [4.69, 9.17) is 13.8 Å². The van der Waals surface area contributed by atoms with E-state index in [0.717, 1.165) is 73.0 Å². The lowest BCUT2D eigenvalue weighted by Gasteiger charge is -2.11. The van der Waals surface area contributed by atoms with Crippen molar-refractivity contribution >= 4 is 54.8 Å². The molecule has 52 heavy (non-hydrogen) atoms. The van der Waals surface area contributed by atoms with Crippen molar-refractivity contribution in [3.63, 3.8) is 0 Å². The summed E-state index contributed by atoms with van der Waals surface area (Å²) in [5.74, 6) is 0.762. The Morgan fingerprint density at radius 2 is 1.10 bits per heavy atom. The first-order chi connectivity index (χ1) is 25.2. The summed E-state index contributed by atoms with van der Waals surface area (Å²) >= 11 is 0. The van der Waals surface area contributed by atoms with E-state index < -0.39 is 11.7 Å². The maximum absolute atomic E-state index is 13.4. The summed E-state index contributed by atoms with van der Waals surface area (Å²) < 4.78 is 54.7. The second-order valence-corrected chi connectivity index (χ2v) is 13.1. The van der Waals surface area contributed by atoms with E-state index in [1.165, 1.54) is 16.8 Å². The second-order valence-electron chi connectivity index (χ2n) is 13.1. The molecule has 0 bridgehead atoms. The van der Waals surface area contributed by atoms with Crippen LogP contribution in [0.15, 0.2) is 148 Å². The molecule has 0 aliphatic carbocycles. The third-order valence-electron chi connectivity index (χ3n) is 9.73. The lowest BCUT2D eigenvalue weighted by atomic mass is 10.0. The van der Waals surface area contributed by atoms with Gasteiger partial charge in [-0.05, 0) is 107 Å². The van der Waals surface area contributed by atoms with Gasteiger partial charge in [-0.3, -0.25) is 0 Å². The number of halogens is 3. The average Bonchev–Trinajstić information content (AvgIpc) is 3.87. The number of aromatic nitrogens is 3. The largest absolute Gasteiger partial charge is 0.436 e. The smallest absolute Gasteiger partial charge is 0.416 e. The van der Waals surface area contributed by atoms with Crippen LogP contribution in [0.4, 0.5) is 13.2 Å². The van der Waals surface area contributed by atoms with Crippen LogP contribution in [-0.2, 0) is 6.18 Å². The van der Waals surface area contributed by atoms with Crippen LogP contribution in [0.3, 0.4) is 0 Å². The third-order valence-corrected chi connectivity index (χ3v) is 9.73. The van der Waals surface area contributed by atoms with Crippen LogP contribution in [0, 0.1) is 6.92 Å². The number of oxazole rings is 2. The van der Waals surface area contributed by atoms with Crippen LogP contribution in [0.5, 0.6) is 0 Å². The van der Waals surface area contributed by atoms with Gasteiger partial charge in [-0.1, -0.05) is 66.7 Å². The minimum atomic E-state index is -4.48. The number of hydrogen-bond acceptors (Lipinski definition) is 4. The maximum Gasteiger partial charge on any atom is 0.416 e. The molecule has 10 rings (SSSR count). The van der Waals surface area contributed by atoms with Crippen molar-refractivity contribution in [2.45, 2.75) is 13.1 Å². The fraction of sp³-hybridized carbons (Fsp3) is 0.0455. The zero-order valence-electron chi connectivity index (χ0n) is 27.6. The molecule has 0 saturated carbocycles. The molecule has 3 heterocycles. The highest BCUT2D eigenvalue weighted by molar-refractivity contribution is 6.11. The molecule has 7 aromatic carbocycles. The first-order valence-electron chi connectivity index (χ1n) is 16.8. The Bertz CT molecular complexity index is 3020. The molecule has 5 nitrogen and oxygen atoms in total. The van der Waals surface area contributed by atoms with Gasteiger partial charge in [0.05, 0.1) is 16.6 Å². The number of nitrogens with zero attached hydrogens (tertiary/aromatic N) is 3. The first-order valence-corrected chi connectivity index (χ1v) is 16.8. The highest BCUT2D eigenvalue weighted by Gasteiger charge is 2.31. The van der Waals surface area contributed by atoms with Crippen molar-refractivity contribution in [2.75, 3.05) is 0 Å². The predicted molar refractivity (Wildman–Crippen MR) is 199 cm³/mol. The van der Waals surface area contributed by atoms with Gasteiger partial charge in [-0.15, -0.1) is 0 Å². The van der Waals surface area contributed by atoms with E-state index >= 15 is 0 Å². The van der Waals surface area contributed by atoms with Crippen LogP contribution in [0.1, 0.15) is 11.1 Å². The number of fused-ring (bicyclic) bond motifs is 6. The predicted octanol–water partition coefficient (Wildman–Crippen LogP) is 12.5. The Kier molecular flexibility index (Phi) is 6.48. The molecule has 0 spiro atoms. The fourth-order valence-electron chi connectivity index (χ4n) is 7.12. The van der Waals surface area contributed by atoms with Crippen molar-refractivity contribution in [3.8, 4) is 39.7 Å². The van der Waals surface area contributed by atoms with E-state index in [0.29, 0.717) is 11.5 Å². The molecule has 0 radical (unpaired) electrons. The fourth-order valence-corrected chi connectivity index (χ4v) is 7.12. The van der Waals surface area contributed by atoms with Gasteiger partial charge >= 0.3 is 6.18 Å². The van der Waals surface area contributed by atoms with Gasteiger partial charge < -0.3 is 13.4 Å². The van der Waals surface area contributed by atoms with E-state index in [2.05, 4.69) is 76.3 Å². The number of hydrogen-bond donors (Lipinski definition) is 0. The normalized spacial score (nSPS) is 12.2. The van der Waals surface area contributed by atoms with E-state index in [1.54, 1.807) is 0 Å². The van der Waals surface area contributed by atoms with Crippen molar-refractivity contribution in [2.24, 2.45) is 0 Å². The Hall–Kier alpha value is -6.67. The summed E-state index contributed by atoms with van der Waals surface area (Å²) in [7, 11) is 0. The quantitative estimate of drug-likeness (QED) is 0.185. The summed E-state index contributed by atoms with van der Waals surface area (Å²) in [6, 6.07) is 44.5. The molecular weight excluding hydrogens is 659 g/mol. The van der Waals surface area contributed by atoms with E-state index in [1.807, 2.05) is 61.5 Å². The van der Waals surface area contributed by atoms with Crippen LogP contribution < -0.4 is 0 Å².